The van der Waals surface area contributed by atoms with Crippen LogP contribution in [0.1, 0.15) is 50.5 Å². The molecule has 2 aliphatic rings. The second-order valence-corrected chi connectivity index (χ2v) is 6.79. The van der Waals surface area contributed by atoms with Crippen LogP contribution >= 0.6 is 0 Å². The van der Waals surface area contributed by atoms with Crippen molar-refractivity contribution in [3.8, 4) is 5.75 Å². The molecule has 2 heteroatoms. The van der Waals surface area contributed by atoms with Gasteiger partial charge in [-0.2, -0.15) is 0 Å². The predicted octanol–water partition coefficient (Wildman–Crippen LogP) is 4.28. The van der Waals surface area contributed by atoms with Gasteiger partial charge in [-0.15, -0.1) is 0 Å². The van der Waals surface area contributed by atoms with Gasteiger partial charge in [0.1, 0.15) is 5.75 Å². The summed E-state index contributed by atoms with van der Waals surface area (Å²) in [5, 5.41) is 0. The Bertz CT molecular complexity index is 431. The molecule has 21 heavy (non-hydrogen) atoms. The fourth-order valence-electron chi connectivity index (χ4n) is 4.18. The number of ether oxygens (including phenoxy) is 1. The quantitative estimate of drug-likeness (QED) is 0.819. The molecule has 0 amide bonds. The summed E-state index contributed by atoms with van der Waals surface area (Å²) >= 11 is 0. The van der Waals surface area contributed by atoms with Gasteiger partial charge in [-0.05, 0) is 75.6 Å². The van der Waals surface area contributed by atoms with Crippen molar-refractivity contribution in [3.05, 3.63) is 29.8 Å². The minimum atomic E-state index is 0.849. The van der Waals surface area contributed by atoms with E-state index in [-0.39, 0.29) is 0 Å². The van der Waals surface area contributed by atoms with E-state index in [0.29, 0.717) is 0 Å². The van der Waals surface area contributed by atoms with E-state index < -0.39 is 0 Å². The van der Waals surface area contributed by atoms with Crippen LogP contribution < -0.4 is 4.74 Å². The van der Waals surface area contributed by atoms with E-state index in [9.17, 15) is 0 Å². The molecule has 2 nitrogen and oxygen atoms in total. The van der Waals surface area contributed by atoms with Crippen LogP contribution in [0.3, 0.4) is 0 Å². The molecule has 1 aromatic rings. The summed E-state index contributed by atoms with van der Waals surface area (Å²) in [4.78, 5) is 2.77. The lowest BCUT2D eigenvalue weighted by atomic mass is 9.81. The predicted molar refractivity (Wildman–Crippen MR) is 87.9 cm³/mol. The molecule has 1 saturated heterocycles. The largest absolute Gasteiger partial charge is 0.496 e. The van der Waals surface area contributed by atoms with E-state index in [2.05, 4.69) is 29.2 Å². The maximum atomic E-state index is 5.49. The highest BCUT2D eigenvalue weighted by molar-refractivity contribution is 5.33. The van der Waals surface area contributed by atoms with E-state index in [0.717, 1.165) is 17.7 Å². The Balaban J connectivity index is 1.51. The normalized spacial score (nSPS) is 27.5. The molecular formula is C19H29NO. The molecule has 0 bridgehead atoms. The number of para-hydroxylation sites is 1. The molecule has 0 aromatic heterocycles. The van der Waals surface area contributed by atoms with E-state index in [1.54, 1.807) is 7.11 Å². The molecular weight excluding hydrogens is 258 g/mol. The summed E-state index contributed by atoms with van der Waals surface area (Å²) in [6.07, 6.45) is 11.1. The molecule has 0 atom stereocenters. The smallest absolute Gasteiger partial charge is 0.122 e. The van der Waals surface area contributed by atoms with Crippen molar-refractivity contribution < 1.29 is 4.74 Å². The highest BCUT2D eigenvalue weighted by atomic mass is 16.5. The highest BCUT2D eigenvalue weighted by Crippen LogP contribution is 2.33. The van der Waals surface area contributed by atoms with Crippen LogP contribution in [0, 0.1) is 5.92 Å². The van der Waals surface area contributed by atoms with Crippen LogP contribution in [-0.4, -0.2) is 31.1 Å². The Morgan fingerprint density at radius 2 is 1.71 bits per heavy atom. The zero-order valence-corrected chi connectivity index (χ0v) is 13.4. The standard InChI is InChI=1S/C19H29NO/c1-21-19-8-4-3-7-17(19)15-16-9-11-18(12-10-16)20-13-5-2-6-14-20/h3-4,7-8,16,18H,2,5-6,9-15H2,1H3. The lowest BCUT2D eigenvalue weighted by Crippen LogP contribution is -2.41. The number of likely N-dealkylation sites (tertiary alicyclic amines) is 1. The second-order valence-electron chi connectivity index (χ2n) is 6.79. The third-order valence-corrected chi connectivity index (χ3v) is 5.42. The maximum absolute atomic E-state index is 5.49. The van der Waals surface area contributed by atoms with E-state index >= 15 is 0 Å². The van der Waals surface area contributed by atoms with E-state index in [1.807, 2.05) is 0 Å². The molecule has 1 aliphatic carbocycles. The van der Waals surface area contributed by atoms with Crippen molar-refractivity contribution in [2.75, 3.05) is 20.2 Å². The minimum absolute atomic E-state index is 0.849. The van der Waals surface area contributed by atoms with Gasteiger partial charge in [0.05, 0.1) is 7.11 Å². The third kappa shape index (κ3) is 3.79. The van der Waals surface area contributed by atoms with Gasteiger partial charge in [0.2, 0.25) is 0 Å². The van der Waals surface area contributed by atoms with Crippen LogP contribution in [0.2, 0.25) is 0 Å². The van der Waals surface area contributed by atoms with Gasteiger partial charge in [-0.1, -0.05) is 24.6 Å². The Hall–Kier alpha value is -1.02. The Labute approximate surface area is 129 Å². The lowest BCUT2D eigenvalue weighted by Gasteiger charge is -2.39. The van der Waals surface area contributed by atoms with Crippen molar-refractivity contribution in [3.63, 3.8) is 0 Å². The zero-order chi connectivity index (χ0) is 14.5. The number of hydrogen-bond acceptors (Lipinski definition) is 2. The zero-order valence-electron chi connectivity index (χ0n) is 13.4. The Morgan fingerprint density at radius 1 is 1.00 bits per heavy atom. The summed E-state index contributed by atoms with van der Waals surface area (Å²) in [6.45, 7) is 2.70. The van der Waals surface area contributed by atoms with Gasteiger partial charge in [0.15, 0.2) is 0 Å². The molecule has 1 aliphatic heterocycles. The van der Waals surface area contributed by atoms with E-state index in [4.69, 9.17) is 4.74 Å². The number of piperidine rings is 1. The second kappa shape index (κ2) is 7.31. The van der Waals surface area contributed by atoms with Crippen LogP contribution in [0.4, 0.5) is 0 Å². The first-order valence-corrected chi connectivity index (χ1v) is 8.73. The monoisotopic (exact) mass is 287 g/mol. The molecule has 2 fully saturated rings. The topological polar surface area (TPSA) is 12.5 Å². The first kappa shape index (κ1) is 14.9. The van der Waals surface area contributed by atoms with Crippen molar-refractivity contribution in [1.29, 1.82) is 0 Å². The van der Waals surface area contributed by atoms with Gasteiger partial charge < -0.3 is 9.64 Å². The fraction of sp³-hybridized carbons (Fsp3) is 0.684. The molecule has 0 N–H and O–H groups in total. The first-order chi connectivity index (χ1) is 10.4. The number of methoxy groups -OCH3 is 1. The average Bonchev–Trinajstić information content (AvgIpc) is 2.57. The summed E-state index contributed by atoms with van der Waals surface area (Å²) < 4.78 is 5.49. The minimum Gasteiger partial charge on any atom is -0.496 e. The van der Waals surface area contributed by atoms with E-state index in [1.165, 1.54) is 70.0 Å². The molecule has 1 heterocycles. The molecule has 0 spiro atoms. The number of benzene rings is 1. The SMILES string of the molecule is COc1ccccc1CC1CCC(N2CCCCC2)CC1. The van der Waals surface area contributed by atoms with Crippen molar-refractivity contribution in [2.45, 2.75) is 57.4 Å². The van der Waals surface area contributed by atoms with Crippen LogP contribution in [0.25, 0.3) is 0 Å². The Kier molecular flexibility index (Phi) is 5.18. The van der Waals surface area contributed by atoms with Crippen LogP contribution in [-0.2, 0) is 6.42 Å². The van der Waals surface area contributed by atoms with Crippen LogP contribution in [0.5, 0.6) is 5.75 Å². The molecule has 0 radical (unpaired) electrons. The van der Waals surface area contributed by atoms with Crippen LogP contribution in [0.15, 0.2) is 24.3 Å². The van der Waals surface area contributed by atoms with Gasteiger partial charge in [0.25, 0.3) is 0 Å². The van der Waals surface area contributed by atoms with Gasteiger partial charge in [0, 0.05) is 6.04 Å². The molecule has 1 aromatic carbocycles. The summed E-state index contributed by atoms with van der Waals surface area (Å²) in [5.41, 5.74) is 1.39. The third-order valence-electron chi connectivity index (χ3n) is 5.42. The molecule has 116 valence electrons. The van der Waals surface area contributed by atoms with Crippen molar-refractivity contribution in [1.82, 2.24) is 4.90 Å². The fourth-order valence-corrected chi connectivity index (χ4v) is 4.18. The highest BCUT2D eigenvalue weighted by Gasteiger charge is 2.27. The number of nitrogens with zero attached hydrogens (tertiary/aromatic N) is 1. The van der Waals surface area contributed by atoms with Crippen molar-refractivity contribution >= 4 is 0 Å². The molecule has 1 saturated carbocycles. The molecule has 3 rings (SSSR count). The Morgan fingerprint density at radius 3 is 2.43 bits per heavy atom. The lowest BCUT2D eigenvalue weighted by molar-refractivity contribution is 0.114. The van der Waals surface area contributed by atoms with Gasteiger partial charge in [-0.25, -0.2) is 0 Å². The summed E-state index contributed by atoms with van der Waals surface area (Å²) in [5.74, 6) is 1.91. The summed E-state index contributed by atoms with van der Waals surface area (Å²) in [6, 6.07) is 9.40. The first-order valence-electron chi connectivity index (χ1n) is 8.73. The number of hydrogen-bond donors (Lipinski definition) is 0. The molecule has 0 unspecified atom stereocenters. The maximum Gasteiger partial charge on any atom is 0.122 e. The summed E-state index contributed by atoms with van der Waals surface area (Å²) in [7, 11) is 1.78. The van der Waals surface area contributed by atoms with Gasteiger partial charge >= 0.3 is 0 Å². The van der Waals surface area contributed by atoms with Gasteiger partial charge in [-0.3, -0.25) is 0 Å². The number of rotatable bonds is 4. The average molecular weight is 287 g/mol. The van der Waals surface area contributed by atoms with Crippen molar-refractivity contribution in [2.24, 2.45) is 5.92 Å².